The molecule has 2 aromatic heterocycles. The van der Waals surface area contributed by atoms with Crippen LogP contribution in [-0.2, 0) is 21.2 Å². The fraction of sp³-hybridized carbons (Fsp3) is 0.421. The van der Waals surface area contributed by atoms with Gasteiger partial charge >= 0.3 is 0 Å². The zero-order valence-corrected chi connectivity index (χ0v) is 18.5. The average Bonchev–Trinajstić information content (AvgIpc) is 3.42. The molecule has 2 N–H and O–H groups in total. The lowest BCUT2D eigenvalue weighted by Crippen LogP contribution is -2.24. The van der Waals surface area contributed by atoms with E-state index in [-0.39, 0.29) is 18.1 Å². The minimum Gasteiger partial charge on any atom is -0.349 e. The number of aromatic nitrogens is 3. The van der Waals surface area contributed by atoms with Crippen LogP contribution in [-0.4, -0.2) is 54.9 Å². The number of anilines is 3. The van der Waals surface area contributed by atoms with Crippen LogP contribution in [0.25, 0.3) is 10.9 Å². The summed E-state index contributed by atoms with van der Waals surface area (Å²) >= 11 is 1.53. The van der Waals surface area contributed by atoms with Crippen molar-refractivity contribution in [2.75, 3.05) is 39.9 Å². The predicted octanol–water partition coefficient (Wildman–Crippen LogP) is 2.59. The first kappa shape index (κ1) is 20.6. The molecule has 30 heavy (non-hydrogen) atoms. The number of nitrogens with zero attached hydrogens (tertiary/aromatic N) is 4. The topological polar surface area (TPSA) is 111 Å². The lowest BCUT2D eigenvalue weighted by molar-refractivity contribution is -0.115. The van der Waals surface area contributed by atoms with Crippen LogP contribution in [0.5, 0.6) is 0 Å². The second-order valence-corrected chi connectivity index (χ2v) is 9.91. The molecule has 1 aliphatic heterocycles. The SMILES string of the molecule is CCN(CC)c1nc(CC(=O)Nc2n[nH]c3ccc(N4CCCS4(=O)=O)cc23)cs1. The van der Waals surface area contributed by atoms with E-state index in [9.17, 15) is 13.2 Å². The third-order valence-corrected chi connectivity index (χ3v) is 7.93. The number of thiazole rings is 1. The zero-order chi connectivity index (χ0) is 21.3. The molecule has 3 aromatic rings. The maximum absolute atomic E-state index is 12.6. The molecule has 1 fully saturated rings. The summed E-state index contributed by atoms with van der Waals surface area (Å²) in [6.45, 7) is 6.34. The van der Waals surface area contributed by atoms with Gasteiger partial charge in [0.25, 0.3) is 0 Å². The summed E-state index contributed by atoms with van der Waals surface area (Å²) in [5.74, 6) is 0.315. The van der Waals surface area contributed by atoms with Crippen molar-refractivity contribution in [3.8, 4) is 0 Å². The van der Waals surface area contributed by atoms with E-state index in [0.717, 1.165) is 23.7 Å². The van der Waals surface area contributed by atoms with Crippen LogP contribution in [0.1, 0.15) is 26.0 Å². The fourth-order valence-electron chi connectivity index (χ4n) is 3.54. The predicted molar refractivity (Wildman–Crippen MR) is 120 cm³/mol. The molecule has 0 radical (unpaired) electrons. The highest BCUT2D eigenvalue weighted by molar-refractivity contribution is 7.93. The smallest absolute Gasteiger partial charge is 0.235 e. The number of carbonyl (C=O) groups excluding carboxylic acids is 1. The van der Waals surface area contributed by atoms with Crippen molar-refractivity contribution in [2.45, 2.75) is 26.7 Å². The Bertz CT molecular complexity index is 1170. The molecular formula is C19H24N6O3S2. The molecule has 1 amide bonds. The molecule has 1 aliphatic rings. The number of rotatable bonds is 7. The normalized spacial score (nSPS) is 15.6. The Morgan fingerprint density at radius 1 is 1.33 bits per heavy atom. The van der Waals surface area contributed by atoms with E-state index in [4.69, 9.17) is 0 Å². The Hall–Kier alpha value is -2.66. The first-order valence-electron chi connectivity index (χ1n) is 9.89. The van der Waals surface area contributed by atoms with Crippen LogP contribution >= 0.6 is 11.3 Å². The minimum absolute atomic E-state index is 0.145. The maximum Gasteiger partial charge on any atom is 0.235 e. The quantitative estimate of drug-likeness (QED) is 0.575. The van der Waals surface area contributed by atoms with Crippen molar-refractivity contribution in [3.05, 3.63) is 29.3 Å². The number of hydrogen-bond acceptors (Lipinski definition) is 7. The molecule has 160 valence electrons. The van der Waals surface area contributed by atoms with Crippen molar-refractivity contribution in [3.63, 3.8) is 0 Å². The Labute approximate surface area is 179 Å². The van der Waals surface area contributed by atoms with Crippen molar-refractivity contribution in [1.29, 1.82) is 0 Å². The first-order chi connectivity index (χ1) is 14.4. The van der Waals surface area contributed by atoms with Crippen LogP contribution in [0, 0.1) is 0 Å². The van der Waals surface area contributed by atoms with Crippen LogP contribution in [0.3, 0.4) is 0 Å². The van der Waals surface area contributed by atoms with Gasteiger partial charge in [0, 0.05) is 30.4 Å². The van der Waals surface area contributed by atoms with E-state index in [1.807, 2.05) is 5.38 Å². The van der Waals surface area contributed by atoms with Crippen LogP contribution < -0.4 is 14.5 Å². The molecule has 0 spiro atoms. The molecule has 9 nitrogen and oxygen atoms in total. The number of sulfonamides is 1. The summed E-state index contributed by atoms with van der Waals surface area (Å²) in [7, 11) is -3.27. The van der Waals surface area contributed by atoms with Gasteiger partial charge in [-0.15, -0.1) is 11.3 Å². The van der Waals surface area contributed by atoms with E-state index >= 15 is 0 Å². The number of fused-ring (bicyclic) bond motifs is 1. The summed E-state index contributed by atoms with van der Waals surface area (Å²) in [5.41, 5.74) is 2.02. The molecule has 0 saturated carbocycles. The van der Waals surface area contributed by atoms with Gasteiger partial charge in [-0.1, -0.05) is 0 Å². The number of benzene rings is 1. The van der Waals surface area contributed by atoms with Gasteiger partial charge in [-0.3, -0.25) is 14.2 Å². The van der Waals surface area contributed by atoms with E-state index in [0.29, 0.717) is 35.6 Å². The van der Waals surface area contributed by atoms with Gasteiger partial charge in [0.1, 0.15) is 0 Å². The van der Waals surface area contributed by atoms with Crippen LogP contribution in [0.15, 0.2) is 23.6 Å². The number of carbonyl (C=O) groups is 1. The number of amides is 1. The Kier molecular flexibility index (Phi) is 5.65. The molecular weight excluding hydrogens is 424 g/mol. The molecule has 0 aliphatic carbocycles. The number of hydrogen-bond donors (Lipinski definition) is 2. The van der Waals surface area contributed by atoms with E-state index in [1.54, 1.807) is 18.2 Å². The fourth-order valence-corrected chi connectivity index (χ4v) is 6.05. The maximum atomic E-state index is 12.6. The molecule has 1 saturated heterocycles. The second kappa shape index (κ2) is 8.23. The van der Waals surface area contributed by atoms with Crippen molar-refractivity contribution in [2.24, 2.45) is 0 Å². The summed E-state index contributed by atoms with van der Waals surface area (Å²) < 4.78 is 25.9. The van der Waals surface area contributed by atoms with Gasteiger partial charge in [0.2, 0.25) is 15.9 Å². The third-order valence-electron chi connectivity index (χ3n) is 5.11. The lowest BCUT2D eigenvalue weighted by Gasteiger charge is -2.16. The third kappa shape index (κ3) is 3.99. The monoisotopic (exact) mass is 448 g/mol. The van der Waals surface area contributed by atoms with Gasteiger partial charge in [-0.25, -0.2) is 13.4 Å². The van der Waals surface area contributed by atoms with E-state index in [1.165, 1.54) is 15.6 Å². The van der Waals surface area contributed by atoms with E-state index in [2.05, 4.69) is 39.2 Å². The molecule has 4 rings (SSSR count). The van der Waals surface area contributed by atoms with Crippen molar-refractivity contribution >= 4 is 54.8 Å². The van der Waals surface area contributed by atoms with Gasteiger partial charge in [0.05, 0.1) is 29.1 Å². The van der Waals surface area contributed by atoms with Gasteiger partial charge < -0.3 is 10.2 Å². The molecule has 0 bridgehead atoms. The number of aromatic amines is 1. The average molecular weight is 449 g/mol. The number of H-pyrrole nitrogens is 1. The highest BCUT2D eigenvalue weighted by atomic mass is 32.2. The van der Waals surface area contributed by atoms with E-state index < -0.39 is 10.0 Å². The van der Waals surface area contributed by atoms with Gasteiger partial charge in [0.15, 0.2) is 10.9 Å². The first-order valence-corrected chi connectivity index (χ1v) is 12.4. The molecule has 0 atom stereocenters. The summed E-state index contributed by atoms with van der Waals surface area (Å²) in [6, 6.07) is 5.27. The van der Waals surface area contributed by atoms with Crippen molar-refractivity contribution in [1.82, 2.24) is 15.2 Å². The molecule has 11 heteroatoms. The van der Waals surface area contributed by atoms with Gasteiger partial charge in [-0.2, -0.15) is 5.10 Å². The second-order valence-electron chi connectivity index (χ2n) is 7.06. The van der Waals surface area contributed by atoms with Gasteiger partial charge in [-0.05, 0) is 38.5 Å². The highest BCUT2D eigenvalue weighted by Gasteiger charge is 2.28. The summed E-state index contributed by atoms with van der Waals surface area (Å²) in [6.07, 6.45) is 0.755. The largest absolute Gasteiger partial charge is 0.349 e. The molecule has 3 heterocycles. The van der Waals surface area contributed by atoms with Crippen LogP contribution in [0.4, 0.5) is 16.6 Å². The number of nitrogens with one attached hydrogen (secondary N) is 2. The summed E-state index contributed by atoms with van der Waals surface area (Å²) in [5, 5.41) is 13.4. The van der Waals surface area contributed by atoms with Crippen LogP contribution in [0.2, 0.25) is 0 Å². The lowest BCUT2D eigenvalue weighted by atomic mass is 10.2. The molecule has 0 unspecified atom stereocenters. The standard InChI is InChI=1S/C19H24N6O3S2/c1-3-24(4-2)19-20-13(12-29-19)10-17(26)21-18-15-11-14(6-7-16(15)22-23-18)25-8-5-9-30(25,27)28/h6-7,11-12H,3-5,8-10H2,1-2H3,(H2,21,22,23,26). The van der Waals surface area contributed by atoms with Crippen molar-refractivity contribution < 1.29 is 13.2 Å². The highest BCUT2D eigenvalue weighted by Crippen LogP contribution is 2.30. The zero-order valence-electron chi connectivity index (χ0n) is 16.9. The summed E-state index contributed by atoms with van der Waals surface area (Å²) in [4.78, 5) is 19.3. The Morgan fingerprint density at radius 2 is 2.13 bits per heavy atom. The Balaban J connectivity index is 1.51. The Morgan fingerprint density at radius 3 is 2.83 bits per heavy atom. The molecule has 1 aromatic carbocycles. The minimum atomic E-state index is -3.27.